The van der Waals surface area contributed by atoms with Crippen LogP contribution in [0.5, 0.6) is 0 Å². The zero-order valence-corrected chi connectivity index (χ0v) is 16.7. The molecule has 3 aromatic rings. The second-order valence-electron chi connectivity index (χ2n) is 6.67. The van der Waals surface area contributed by atoms with E-state index in [-0.39, 0.29) is 5.91 Å². The highest BCUT2D eigenvalue weighted by molar-refractivity contribution is 7.92. The highest BCUT2D eigenvalue weighted by Gasteiger charge is 2.14. The van der Waals surface area contributed by atoms with Gasteiger partial charge < -0.3 is 5.32 Å². The van der Waals surface area contributed by atoms with Crippen LogP contribution in [0.25, 0.3) is 0 Å². The summed E-state index contributed by atoms with van der Waals surface area (Å²) >= 11 is 0. The average molecular weight is 398 g/mol. The van der Waals surface area contributed by atoms with Crippen molar-refractivity contribution in [1.82, 2.24) is 9.78 Å². The Balaban J connectivity index is 1.83. The van der Waals surface area contributed by atoms with Gasteiger partial charge in [-0.15, -0.1) is 0 Å². The number of aryl methyl sites for hydroxylation is 2. The second kappa shape index (κ2) is 7.85. The SMILES string of the molecule is Cc1cc(NC(=O)c2ccc(C)c(NS(C)(=O)=O)c2)n(Cc2ccccc2)n1. The Hall–Kier alpha value is -3.13. The molecule has 0 saturated heterocycles. The third-order valence-corrected chi connectivity index (χ3v) is 4.70. The van der Waals surface area contributed by atoms with Crippen LogP contribution in [0.4, 0.5) is 11.5 Å². The largest absolute Gasteiger partial charge is 0.307 e. The highest BCUT2D eigenvalue weighted by Crippen LogP contribution is 2.20. The minimum absolute atomic E-state index is 0.342. The van der Waals surface area contributed by atoms with Crippen molar-refractivity contribution in [3.63, 3.8) is 0 Å². The number of amides is 1. The van der Waals surface area contributed by atoms with Gasteiger partial charge in [0.05, 0.1) is 24.2 Å². The zero-order valence-electron chi connectivity index (χ0n) is 15.9. The molecular weight excluding hydrogens is 376 g/mol. The summed E-state index contributed by atoms with van der Waals surface area (Å²) in [5.74, 6) is 0.232. The Morgan fingerprint density at radius 3 is 2.46 bits per heavy atom. The van der Waals surface area contributed by atoms with E-state index in [4.69, 9.17) is 0 Å². The van der Waals surface area contributed by atoms with Crippen LogP contribution in [0.2, 0.25) is 0 Å². The Morgan fingerprint density at radius 2 is 1.79 bits per heavy atom. The number of benzene rings is 2. The number of hydrogen-bond donors (Lipinski definition) is 2. The van der Waals surface area contributed by atoms with E-state index in [0.29, 0.717) is 23.6 Å². The molecule has 28 heavy (non-hydrogen) atoms. The predicted molar refractivity (Wildman–Crippen MR) is 110 cm³/mol. The Kier molecular flexibility index (Phi) is 5.51. The van der Waals surface area contributed by atoms with Crippen LogP contribution in [-0.4, -0.2) is 30.4 Å². The summed E-state index contributed by atoms with van der Waals surface area (Å²) in [7, 11) is -3.43. The van der Waals surface area contributed by atoms with Gasteiger partial charge in [-0.2, -0.15) is 5.10 Å². The molecule has 7 nitrogen and oxygen atoms in total. The van der Waals surface area contributed by atoms with Crippen LogP contribution in [0.15, 0.2) is 54.6 Å². The molecular formula is C20H22N4O3S. The van der Waals surface area contributed by atoms with Crippen molar-refractivity contribution in [2.75, 3.05) is 16.3 Å². The van der Waals surface area contributed by atoms with Gasteiger partial charge in [-0.25, -0.2) is 13.1 Å². The fourth-order valence-electron chi connectivity index (χ4n) is 2.78. The number of hydrogen-bond acceptors (Lipinski definition) is 4. The van der Waals surface area contributed by atoms with Gasteiger partial charge in [0.2, 0.25) is 10.0 Å². The first-order valence-electron chi connectivity index (χ1n) is 8.69. The molecule has 2 aromatic carbocycles. The van der Waals surface area contributed by atoms with Crippen LogP contribution >= 0.6 is 0 Å². The molecule has 8 heteroatoms. The Morgan fingerprint density at radius 1 is 1.07 bits per heavy atom. The van der Waals surface area contributed by atoms with Crippen LogP contribution in [0, 0.1) is 13.8 Å². The molecule has 3 rings (SSSR count). The number of nitrogens with zero attached hydrogens (tertiary/aromatic N) is 2. The van der Waals surface area contributed by atoms with Crippen molar-refractivity contribution in [3.05, 3.63) is 77.0 Å². The quantitative estimate of drug-likeness (QED) is 0.667. The monoisotopic (exact) mass is 398 g/mol. The molecule has 0 radical (unpaired) electrons. The van der Waals surface area contributed by atoms with Gasteiger partial charge in [0, 0.05) is 11.6 Å². The van der Waals surface area contributed by atoms with Crippen molar-refractivity contribution in [2.24, 2.45) is 0 Å². The fraction of sp³-hybridized carbons (Fsp3) is 0.200. The van der Waals surface area contributed by atoms with Gasteiger partial charge in [0.1, 0.15) is 5.82 Å². The molecule has 146 valence electrons. The van der Waals surface area contributed by atoms with E-state index in [0.717, 1.165) is 23.1 Å². The molecule has 0 aliphatic carbocycles. The van der Waals surface area contributed by atoms with E-state index < -0.39 is 10.0 Å². The fourth-order valence-corrected chi connectivity index (χ4v) is 3.40. The van der Waals surface area contributed by atoms with Crippen molar-refractivity contribution >= 4 is 27.4 Å². The third-order valence-electron chi connectivity index (χ3n) is 4.11. The molecule has 1 aromatic heterocycles. The van der Waals surface area contributed by atoms with Crippen LogP contribution in [0.1, 0.15) is 27.2 Å². The number of nitrogens with one attached hydrogen (secondary N) is 2. The molecule has 0 spiro atoms. The van der Waals surface area contributed by atoms with E-state index in [1.165, 1.54) is 6.07 Å². The lowest BCUT2D eigenvalue weighted by atomic mass is 10.1. The van der Waals surface area contributed by atoms with E-state index in [2.05, 4.69) is 15.1 Å². The van der Waals surface area contributed by atoms with Crippen LogP contribution in [-0.2, 0) is 16.6 Å². The summed E-state index contributed by atoms with van der Waals surface area (Å²) in [6, 6.07) is 16.5. The molecule has 0 saturated carbocycles. The molecule has 0 bridgehead atoms. The van der Waals surface area contributed by atoms with Crippen LogP contribution < -0.4 is 10.0 Å². The first-order chi connectivity index (χ1) is 13.2. The Labute approximate surface area is 164 Å². The minimum Gasteiger partial charge on any atom is -0.307 e. The van der Waals surface area contributed by atoms with Crippen molar-refractivity contribution in [3.8, 4) is 0 Å². The smallest absolute Gasteiger partial charge is 0.256 e. The molecule has 2 N–H and O–H groups in total. The predicted octanol–water partition coefficient (Wildman–Crippen LogP) is 3.17. The maximum atomic E-state index is 12.7. The number of rotatable bonds is 6. The van der Waals surface area contributed by atoms with Crippen molar-refractivity contribution in [1.29, 1.82) is 0 Å². The summed E-state index contributed by atoms with van der Waals surface area (Å²) in [4.78, 5) is 12.7. The minimum atomic E-state index is -3.43. The summed E-state index contributed by atoms with van der Waals surface area (Å²) in [5.41, 5.74) is 3.31. The normalized spacial score (nSPS) is 11.2. The number of carbonyl (C=O) groups is 1. The number of aromatic nitrogens is 2. The first-order valence-corrected chi connectivity index (χ1v) is 10.6. The van der Waals surface area contributed by atoms with E-state index >= 15 is 0 Å². The third kappa shape index (κ3) is 4.98. The Bertz CT molecular complexity index is 1110. The van der Waals surface area contributed by atoms with Crippen molar-refractivity contribution < 1.29 is 13.2 Å². The summed E-state index contributed by atoms with van der Waals surface area (Å²) in [6.07, 6.45) is 1.07. The number of sulfonamides is 1. The second-order valence-corrected chi connectivity index (χ2v) is 8.42. The topological polar surface area (TPSA) is 93.1 Å². The van der Waals surface area contributed by atoms with E-state index in [1.54, 1.807) is 29.8 Å². The summed E-state index contributed by atoms with van der Waals surface area (Å²) < 4.78 is 27.2. The summed E-state index contributed by atoms with van der Waals surface area (Å²) in [6.45, 7) is 4.16. The summed E-state index contributed by atoms with van der Waals surface area (Å²) in [5, 5.41) is 7.30. The number of anilines is 2. The molecule has 1 amide bonds. The molecule has 0 atom stereocenters. The molecule has 0 aliphatic heterocycles. The van der Waals surface area contributed by atoms with Gasteiger partial charge in [0.25, 0.3) is 5.91 Å². The lowest BCUT2D eigenvalue weighted by molar-refractivity contribution is 0.102. The zero-order chi connectivity index (χ0) is 20.3. The maximum Gasteiger partial charge on any atom is 0.256 e. The van der Waals surface area contributed by atoms with E-state index in [9.17, 15) is 13.2 Å². The molecule has 0 unspecified atom stereocenters. The van der Waals surface area contributed by atoms with Gasteiger partial charge in [-0.3, -0.25) is 9.52 Å². The lowest BCUT2D eigenvalue weighted by Gasteiger charge is -2.12. The van der Waals surface area contributed by atoms with Gasteiger partial charge in [-0.1, -0.05) is 36.4 Å². The average Bonchev–Trinajstić information content (AvgIpc) is 2.95. The standard InChI is InChI=1S/C20H22N4O3S/c1-14-9-10-17(12-18(14)23-28(3,26)27)20(25)21-19-11-15(2)22-24(19)13-16-7-5-4-6-8-16/h4-12,23H,13H2,1-3H3,(H,21,25). The number of carbonyl (C=O) groups excluding carboxylic acids is 1. The first kappa shape index (κ1) is 19.6. The molecule has 0 fully saturated rings. The van der Waals surface area contributed by atoms with Gasteiger partial charge in [0.15, 0.2) is 0 Å². The van der Waals surface area contributed by atoms with Crippen molar-refractivity contribution in [2.45, 2.75) is 20.4 Å². The van der Waals surface area contributed by atoms with E-state index in [1.807, 2.05) is 37.3 Å². The maximum absolute atomic E-state index is 12.7. The molecule has 1 heterocycles. The van der Waals surface area contributed by atoms with Gasteiger partial charge in [-0.05, 0) is 37.1 Å². The lowest BCUT2D eigenvalue weighted by Crippen LogP contribution is -2.17. The molecule has 0 aliphatic rings. The van der Waals surface area contributed by atoms with Crippen LogP contribution in [0.3, 0.4) is 0 Å². The van der Waals surface area contributed by atoms with Gasteiger partial charge >= 0.3 is 0 Å². The highest BCUT2D eigenvalue weighted by atomic mass is 32.2.